The van der Waals surface area contributed by atoms with Gasteiger partial charge in [0.25, 0.3) is 5.91 Å². The lowest BCUT2D eigenvalue weighted by Crippen LogP contribution is -2.28. The topological polar surface area (TPSA) is 51.2 Å². The molecule has 1 aromatic heterocycles. The molecule has 0 aliphatic rings. The second-order valence-electron chi connectivity index (χ2n) is 5.98. The number of benzene rings is 2. The Morgan fingerprint density at radius 2 is 1.89 bits per heavy atom. The third kappa shape index (κ3) is 5.10. The van der Waals surface area contributed by atoms with E-state index in [0.717, 1.165) is 33.3 Å². The minimum absolute atomic E-state index is 0.00897. The summed E-state index contributed by atoms with van der Waals surface area (Å²) in [4.78, 5) is 17.4. The summed E-state index contributed by atoms with van der Waals surface area (Å²) in [7, 11) is 0. The number of ether oxygens (including phenoxy) is 1. The molecule has 0 bridgehead atoms. The second kappa shape index (κ2) is 8.43. The van der Waals surface area contributed by atoms with Gasteiger partial charge in [-0.05, 0) is 25.1 Å². The summed E-state index contributed by atoms with van der Waals surface area (Å²) in [6.07, 6.45) is -4.46. The molecule has 3 rings (SSSR count). The number of aromatic nitrogens is 1. The molecule has 0 unspecified atom stereocenters. The number of aryl methyl sites for hydroxylation is 1. The Hall–Kier alpha value is -2.87. The maximum atomic E-state index is 12.7. The van der Waals surface area contributed by atoms with Crippen molar-refractivity contribution in [2.75, 3.05) is 6.61 Å². The van der Waals surface area contributed by atoms with Crippen LogP contribution in [-0.4, -0.2) is 17.5 Å². The molecule has 0 spiro atoms. The van der Waals surface area contributed by atoms with Gasteiger partial charge in [-0.2, -0.15) is 13.2 Å². The Kier molecular flexibility index (Phi) is 5.99. The van der Waals surface area contributed by atoms with E-state index >= 15 is 0 Å². The first-order chi connectivity index (χ1) is 13.3. The molecule has 4 nitrogen and oxygen atoms in total. The van der Waals surface area contributed by atoms with Crippen molar-refractivity contribution in [2.45, 2.75) is 19.6 Å². The second-order valence-corrected chi connectivity index (χ2v) is 7.07. The molecule has 0 atom stereocenters. The van der Waals surface area contributed by atoms with Gasteiger partial charge in [-0.3, -0.25) is 4.79 Å². The predicted molar refractivity (Wildman–Crippen MR) is 101 cm³/mol. The van der Waals surface area contributed by atoms with E-state index in [4.69, 9.17) is 4.74 Å². The van der Waals surface area contributed by atoms with Gasteiger partial charge < -0.3 is 10.1 Å². The highest BCUT2D eigenvalue weighted by molar-refractivity contribution is 7.15. The zero-order valence-corrected chi connectivity index (χ0v) is 15.7. The molecule has 0 saturated heterocycles. The van der Waals surface area contributed by atoms with Gasteiger partial charge in [-0.15, -0.1) is 11.3 Å². The first kappa shape index (κ1) is 19.9. The lowest BCUT2D eigenvalue weighted by molar-refractivity contribution is -0.137. The fourth-order valence-corrected chi connectivity index (χ4v) is 3.44. The lowest BCUT2D eigenvalue weighted by Gasteiger charge is -2.10. The standard InChI is InChI=1S/C20H17F3N2O2S/c1-13-17(28-19(25-13)14-6-3-2-4-7-14)11-24-18(26)12-27-16-9-5-8-15(10-16)20(21,22)23/h2-10H,11-12H2,1H3,(H,24,26). The van der Waals surface area contributed by atoms with Crippen LogP contribution in [0, 0.1) is 6.92 Å². The molecule has 146 valence electrons. The van der Waals surface area contributed by atoms with Crippen molar-refractivity contribution in [2.24, 2.45) is 0 Å². The maximum absolute atomic E-state index is 12.7. The normalized spacial score (nSPS) is 11.3. The fourth-order valence-electron chi connectivity index (χ4n) is 2.44. The van der Waals surface area contributed by atoms with E-state index in [2.05, 4.69) is 10.3 Å². The molecule has 0 aliphatic heterocycles. The first-order valence-electron chi connectivity index (χ1n) is 8.41. The molecule has 3 aromatic rings. The van der Waals surface area contributed by atoms with Crippen LogP contribution in [-0.2, 0) is 17.5 Å². The molecular weight excluding hydrogens is 389 g/mol. The summed E-state index contributed by atoms with van der Waals surface area (Å²) < 4.78 is 43.3. The Balaban J connectivity index is 1.55. The lowest BCUT2D eigenvalue weighted by atomic mass is 10.2. The molecule has 1 N–H and O–H groups in total. The molecular formula is C20H17F3N2O2S. The minimum Gasteiger partial charge on any atom is -0.484 e. The highest BCUT2D eigenvalue weighted by Gasteiger charge is 2.30. The predicted octanol–water partition coefficient (Wildman–Crippen LogP) is 4.83. The molecule has 1 amide bonds. The van der Waals surface area contributed by atoms with Gasteiger partial charge >= 0.3 is 6.18 Å². The van der Waals surface area contributed by atoms with Crippen LogP contribution in [0.5, 0.6) is 5.75 Å². The molecule has 1 heterocycles. The largest absolute Gasteiger partial charge is 0.484 e. The van der Waals surface area contributed by atoms with Crippen molar-refractivity contribution in [3.8, 4) is 16.3 Å². The molecule has 8 heteroatoms. The number of rotatable bonds is 6. The van der Waals surface area contributed by atoms with Crippen LogP contribution < -0.4 is 10.1 Å². The highest BCUT2D eigenvalue weighted by Crippen LogP contribution is 2.31. The smallest absolute Gasteiger partial charge is 0.416 e. The Morgan fingerprint density at radius 3 is 2.61 bits per heavy atom. The number of halogens is 3. The quantitative estimate of drug-likeness (QED) is 0.638. The van der Waals surface area contributed by atoms with Crippen molar-refractivity contribution >= 4 is 17.2 Å². The summed E-state index contributed by atoms with van der Waals surface area (Å²) >= 11 is 1.48. The van der Waals surface area contributed by atoms with Crippen LogP contribution in [0.4, 0.5) is 13.2 Å². The monoisotopic (exact) mass is 406 g/mol. The zero-order chi connectivity index (χ0) is 20.1. The van der Waals surface area contributed by atoms with Gasteiger partial charge in [0.2, 0.25) is 0 Å². The van der Waals surface area contributed by atoms with Crippen LogP contribution in [0.25, 0.3) is 10.6 Å². The SMILES string of the molecule is Cc1nc(-c2ccccc2)sc1CNC(=O)COc1cccc(C(F)(F)F)c1. The van der Waals surface area contributed by atoms with E-state index in [1.807, 2.05) is 37.3 Å². The number of nitrogens with one attached hydrogen (secondary N) is 1. The average molecular weight is 406 g/mol. The van der Waals surface area contributed by atoms with E-state index < -0.39 is 17.6 Å². The summed E-state index contributed by atoms with van der Waals surface area (Å²) in [5.74, 6) is -0.434. The van der Waals surface area contributed by atoms with E-state index in [1.54, 1.807) is 0 Å². The highest BCUT2D eigenvalue weighted by atomic mass is 32.1. The van der Waals surface area contributed by atoms with E-state index in [1.165, 1.54) is 23.5 Å². The Labute approximate surface area is 164 Å². The number of nitrogens with zero attached hydrogens (tertiary/aromatic N) is 1. The number of carbonyl (C=O) groups is 1. The van der Waals surface area contributed by atoms with E-state index in [9.17, 15) is 18.0 Å². The van der Waals surface area contributed by atoms with Crippen LogP contribution in [0.1, 0.15) is 16.1 Å². The van der Waals surface area contributed by atoms with Gasteiger partial charge in [0, 0.05) is 10.4 Å². The summed E-state index contributed by atoms with van der Waals surface area (Å²) in [6, 6.07) is 14.1. The fraction of sp³-hybridized carbons (Fsp3) is 0.200. The summed E-state index contributed by atoms with van der Waals surface area (Å²) in [6.45, 7) is 1.77. The van der Waals surface area contributed by atoms with Crippen molar-refractivity contribution in [3.05, 3.63) is 70.7 Å². The van der Waals surface area contributed by atoms with Crippen molar-refractivity contribution in [3.63, 3.8) is 0 Å². The van der Waals surface area contributed by atoms with Crippen molar-refractivity contribution in [1.82, 2.24) is 10.3 Å². The average Bonchev–Trinajstić information content (AvgIpc) is 3.06. The van der Waals surface area contributed by atoms with E-state index in [0.29, 0.717) is 0 Å². The number of alkyl halides is 3. The van der Waals surface area contributed by atoms with Crippen LogP contribution in [0.3, 0.4) is 0 Å². The zero-order valence-electron chi connectivity index (χ0n) is 14.9. The number of amides is 1. The van der Waals surface area contributed by atoms with Crippen molar-refractivity contribution < 1.29 is 22.7 Å². The van der Waals surface area contributed by atoms with Gasteiger partial charge in [0.1, 0.15) is 10.8 Å². The number of hydrogen-bond acceptors (Lipinski definition) is 4. The Bertz CT molecular complexity index is 956. The van der Waals surface area contributed by atoms with Crippen LogP contribution in [0.2, 0.25) is 0 Å². The van der Waals surface area contributed by atoms with Crippen LogP contribution >= 0.6 is 11.3 Å². The third-order valence-electron chi connectivity index (χ3n) is 3.89. The summed E-state index contributed by atoms with van der Waals surface area (Å²) in [5.41, 5.74) is 1.00. The number of carbonyl (C=O) groups excluding carboxylic acids is 1. The summed E-state index contributed by atoms with van der Waals surface area (Å²) in [5, 5.41) is 3.57. The first-order valence-corrected chi connectivity index (χ1v) is 9.23. The molecule has 2 aromatic carbocycles. The van der Waals surface area contributed by atoms with Gasteiger partial charge in [-0.25, -0.2) is 4.98 Å². The van der Waals surface area contributed by atoms with Gasteiger partial charge in [-0.1, -0.05) is 36.4 Å². The van der Waals surface area contributed by atoms with Crippen LogP contribution in [0.15, 0.2) is 54.6 Å². The third-order valence-corrected chi connectivity index (χ3v) is 5.10. The molecule has 0 aliphatic carbocycles. The number of thiazole rings is 1. The van der Waals surface area contributed by atoms with E-state index in [-0.39, 0.29) is 18.9 Å². The minimum atomic E-state index is -4.46. The molecule has 0 radical (unpaired) electrons. The van der Waals surface area contributed by atoms with Gasteiger partial charge in [0.05, 0.1) is 17.8 Å². The molecule has 0 saturated carbocycles. The maximum Gasteiger partial charge on any atom is 0.416 e. The molecule has 28 heavy (non-hydrogen) atoms. The van der Waals surface area contributed by atoms with Gasteiger partial charge in [0.15, 0.2) is 6.61 Å². The number of hydrogen-bond donors (Lipinski definition) is 1. The Morgan fingerprint density at radius 1 is 1.14 bits per heavy atom. The molecule has 0 fully saturated rings. The van der Waals surface area contributed by atoms with Crippen molar-refractivity contribution in [1.29, 1.82) is 0 Å².